The lowest BCUT2D eigenvalue weighted by Gasteiger charge is -2.05. The number of sulfone groups is 1. The van der Waals surface area contributed by atoms with Gasteiger partial charge in [-0.25, -0.2) is 18.2 Å². The predicted molar refractivity (Wildman–Crippen MR) is 109 cm³/mol. The average Bonchev–Trinajstić information content (AvgIpc) is 3.11. The standard InChI is InChI=1S/C20H14ClN3O4S/c21-13-3-8-16(9-4-13)29(26,27)15-6-1-12(2-7-15)19-23-17-10-5-14(28-20(22)25)11-18(17)24-19/h1-11H,(H2,22,25)(H,23,24). The molecule has 29 heavy (non-hydrogen) atoms. The maximum absolute atomic E-state index is 12.7. The summed E-state index contributed by atoms with van der Waals surface area (Å²) in [5.74, 6) is 0.833. The second kappa shape index (κ2) is 7.23. The number of H-pyrrole nitrogens is 1. The first kappa shape index (κ1) is 19.0. The monoisotopic (exact) mass is 427 g/mol. The van der Waals surface area contributed by atoms with E-state index in [0.717, 1.165) is 5.52 Å². The first-order chi connectivity index (χ1) is 13.8. The topological polar surface area (TPSA) is 115 Å². The summed E-state index contributed by atoms with van der Waals surface area (Å²) in [6.45, 7) is 0. The molecule has 1 heterocycles. The van der Waals surface area contributed by atoms with E-state index in [4.69, 9.17) is 22.1 Å². The summed E-state index contributed by atoms with van der Waals surface area (Å²) >= 11 is 5.83. The third-order valence-electron chi connectivity index (χ3n) is 4.23. The Hall–Kier alpha value is -3.36. The molecule has 0 atom stereocenters. The van der Waals surface area contributed by atoms with Crippen molar-refractivity contribution in [3.8, 4) is 17.1 Å². The lowest BCUT2D eigenvalue weighted by atomic mass is 10.2. The third-order valence-corrected chi connectivity index (χ3v) is 6.27. The second-order valence-electron chi connectivity index (χ2n) is 6.17. The van der Waals surface area contributed by atoms with Crippen LogP contribution in [0.2, 0.25) is 5.02 Å². The van der Waals surface area contributed by atoms with Gasteiger partial charge >= 0.3 is 6.09 Å². The van der Waals surface area contributed by atoms with E-state index < -0.39 is 15.9 Å². The lowest BCUT2D eigenvalue weighted by molar-refractivity contribution is 0.211. The van der Waals surface area contributed by atoms with Gasteiger partial charge in [0.1, 0.15) is 11.6 Å². The van der Waals surface area contributed by atoms with Gasteiger partial charge in [-0.05, 0) is 60.7 Å². The van der Waals surface area contributed by atoms with Crippen molar-refractivity contribution in [2.45, 2.75) is 9.79 Å². The summed E-state index contributed by atoms with van der Waals surface area (Å²) in [5, 5.41) is 0.466. The van der Waals surface area contributed by atoms with Crippen molar-refractivity contribution in [3.63, 3.8) is 0 Å². The summed E-state index contributed by atoms with van der Waals surface area (Å²) < 4.78 is 30.3. The van der Waals surface area contributed by atoms with Crippen LogP contribution in [0.1, 0.15) is 0 Å². The van der Waals surface area contributed by atoms with Crippen LogP contribution in [0.3, 0.4) is 0 Å². The molecule has 0 unspecified atom stereocenters. The quantitative estimate of drug-likeness (QED) is 0.507. The molecule has 0 aliphatic carbocycles. The van der Waals surface area contributed by atoms with Crippen LogP contribution in [0, 0.1) is 0 Å². The first-order valence-corrected chi connectivity index (χ1v) is 10.3. The fourth-order valence-electron chi connectivity index (χ4n) is 2.84. The van der Waals surface area contributed by atoms with E-state index in [1.807, 2.05) is 0 Å². The SMILES string of the molecule is NC(=O)Oc1ccc2[nH]c(-c3ccc(S(=O)(=O)c4ccc(Cl)cc4)cc3)nc2c1. The summed E-state index contributed by atoms with van der Waals surface area (Å²) in [6, 6.07) is 17.3. The molecule has 0 saturated heterocycles. The highest BCUT2D eigenvalue weighted by Gasteiger charge is 2.18. The number of nitrogens with zero attached hydrogens (tertiary/aromatic N) is 1. The largest absolute Gasteiger partial charge is 0.410 e. The van der Waals surface area contributed by atoms with E-state index in [0.29, 0.717) is 21.9 Å². The maximum Gasteiger partial charge on any atom is 0.409 e. The van der Waals surface area contributed by atoms with Crippen molar-refractivity contribution in [2.24, 2.45) is 5.73 Å². The fourth-order valence-corrected chi connectivity index (χ4v) is 4.23. The maximum atomic E-state index is 12.7. The molecule has 1 aromatic heterocycles. The van der Waals surface area contributed by atoms with Gasteiger partial charge in [0, 0.05) is 16.7 Å². The number of aromatic amines is 1. The Morgan fingerprint density at radius 2 is 1.59 bits per heavy atom. The number of amides is 1. The lowest BCUT2D eigenvalue weighted by Crippen LogP contribution is -2.16. The number of nitrogens with two attached hydrogens (primary N) is 1. The highest BCUT2D eigenvalue weighted by molar-refractivity contribution is 7.91. The minimum atomic E-state index is -3.65. The molecule has 0 radical (unpaired) electrons. The van der Waals surface area contributed by atoms with Gasteiger partial charge in [-0.3, -0.25) is 0 Å². The smallest absolute Gasteiger partial charge is 0.409 e. The summed E-state index contributed by atoms with van der Waals surface area (Å²) in [7, 11) is -3.65. The van der Waals surface area contributed by atoms with E-state index in [-0.39, 0.29) is 15.5 Å². The third kappa shape index (κ3) is 3.80. The molecule has 0 bridgehead atoms. The molecule has 0 spiro atoms. The van der Waals surface area contributed by atoms with E-state index in [1.165, 1.54) is 36.4 Å². The van der Waals surface area contributed by atoms with E-state index in [9.17, 15) is 13.2 Å². The van der Waals surface area contributed by atoms with Gasteiger partial charge in [-0.1, -0.05) is 11.6 Å². The molecular formula is C20H14ClN3O4S. The number of primary amides is 1. The van der Waals surface area contributed by atoms with Crippen LogP contribution < -0.4 is 10.5 Å². The number of carbonyl (C=O) groups excluding carboxylic acids is 1. The van der Waals surface area contributed by atoms with Gasteiger partial charge in [0.25, 0.3) is 0 Å². The van der Waals surface area contributed by atoms with Crippen molar-refractivity contribution in [1.29, 1.82) is 0 Å². The molecule has 3 N–H and O–H groups in total. The molecule has 0 aliphatic heterocycles. The molecule has 3 aromatic carbocycles. The zero-order valence-electron chi connectivity index (χ0n) is 14.8. The van der Waals surface area contributed by atoms with Crippen LogP contribution in [0.5, 0.6) is 5.75 Å². The molecule has 0 aliphatic rings. The zero-order chi connectivity index (χ0) is 20.6. The Labute approximate surface area is 171 Å². The van der Waals surface area contributed by atoms with Crippen molar-refractivity contribution < 1.29 is 17.9 Å². The van der Waals surface area contributed by atoms with Crippen LogP contribution in [0.25, 0.3) is 22.4 Å². The van der Waals surface area contributed by atoms with Gasteiger partial charge in [-0.15, -0.1) is 0 Å². The Balaban J connectivity index is 1.65. The molecule has 146 valence electrons. The van der Waals surface area contributed by atoms with Crippen molar-refractivity contribution in [2.75, 3.05) is 0 Å². The summed E-state index contributed by atoms with van der Waals surface area (Å²) in [6.07, 6.45) is -0.905. The van der Waals surface area contributed by atoms with Crippen LogP contribution in [-0.4, -0.2) is 24.5 Å². The molecule has 0 fully saturated rings. The Bertz CT molecular complexity index is 1310. The summed E-state index contributed by atoms with van der Waals surface area (Å²) in [4.78, 5) is 18.8. The minimum Gasteiger partial charge on any atom is -0.410 e. The van der Waals surface area contributed by atoms with Crippen LogP contribution in [0.15, 0.2) is 76.5 Å². The molecule has 4 rings (SSSR count). The number of imidazole rings is 1. The van der Waals surface area contributed by atoms with Gasteiger partial charge in [-0.2, -0.15) is 0 Å². The van der Waals surface area contributed by atoms with Crippen LogP contribution in [-0.2, 0) is 9.84 Å². The number of nitrogens with one attached hydrogen (secondary N) is 1. The number of aromatic nitrogens is 2. The molecule has 0 saturated carbocycles. The molecule has 1 amide bonds. The molecule has 4 aromatic rings. The fraction of sp³-hybridized carbons (Fsp3) is 0. The van der Waals surface area contributed by atoms with Crippen molar-refractivity contribution in [3.05, 3.63) is 71.8 Å². The zero-order valence-corrected chi connectivity index (χ0v) is 16.4. The highest BCUT2D eigenvalue weighted by Crippen LogP contribution is 2.27. The van der Waals surface area contributed by atoms with Gasteiger partial charge in [0.15, 0.2) is 0 Å². The van der Waals surface area contributed by atoms with E-state index >= 15 is 0 Å². The van der Waals surface area contributed by atoms with Crippen LogP contribution in [0.4, 0.5) is 4.79 Å². The average molecular weight is 428 g/mol. The minimum absolute atomic E-state index is 0.164. The Morgan fingerprint density at radius 3 is 2.21 bits per heavy atom. The van der Waals surface area contributed by atoms with Crippen LogP contribution >= 0.6 is 11.6 Å². The molecule has 7 nitrogen and oxygen atoms in total. The van der Waals surface area contributed by atoms with Gasteiger partial charge in [0.05, 0.1) is 20.8 Å². The van der Waals surface area contributed by atoms with Crippen molar-refractivity contribution >= 4 is 38.6 Å². The highest BCUT2D eigenvalue weighted by atomic mass is 35.5. The normalized spacial score (nSPS) is 11.5. The van der Waals surface area contributed by atoms with Gasteiger partial charge in [0.2, 0.25) is 9.84 Å². The number of carbonyl (C=O) groups is 1. The molecule has 9 heteroatoms. The Morgan fingerprint density at radius 1 is 0.966 bits per heavy atom. The van der Waals surface area contributed by atoms with E-state index in [1.54, 1.807) is 30.3 Å². The number of halogens is 1. The second-order valence-corrected chi connectivity index (χ2v) is 8.55. The number of ether oxygens (including phenoxy) is 1. The molecular weight excluding hydrogens is 414 g/mol. The van der Waals surface area contributed by atoms with Crippen molar-refractivity contribution in [1.82, 2.24) is 9.97 Å². The number of benzene rings is 3. The summed E-state index contributed by atoms with van der Waals surface area (Å²) in [5.41, 5.74) is 7.03. The number of fused-ring (bicyclic) bond motifs is 1. The first-order valence-electron chi connectivity index (χ1n) is 8.41. The Kier molecular flexibility index (Phi) is 4.73. The number of rotatable bonds is 4. The predicted octanol–water partition coefficient (Wildman–Crippen LogP) is 4.17. The number of hydrogen-bond acceptors (Lipinski definition) is 5. The van der Waals surface area contributed by atoms with Gasteiger partial charge < -0.3 is 15.5 Å². The van der Waals surface area contributed by atoms with E-state index in [2.05, 4.69) is 9.97 Å². The number of hydrogen-bond donors (Lipinski definition) is 2.